The van der Waals surface area contributed by atoms with Crippen molar-refractivity contribution in [1.29, 1.82) is 0 Å². The maximum absolute atomic E-state index is 12.5. The maximum atomic E-state index is 12.5. The molecule has 4 rings (SSSR count). The quantitative estimate of drug-likeness (QED) is 0.773. The van der Waals surface area contributed by atoms with Crippen LogP contribution in [-0.2, 0) is 4.79 Å². The van der Waals surface area contributed by atoms with E-state index >= 15 is 0 Å². The lowest BCUT2D eigenvalue weighted by Crippen LogP contribution is -2.46. The molecule has 0 bridgehead atoms. The van der Waals surface area contributed by atoms with E-state index in [1.807, 2.05) is 4.90 Å². The Hall–Kier alpha value is -1.34. The van der Waals surface area contributed by atoms with Crippen molar-refractivity contribution in [1.82, 2.24) is 20.0 Å². The highest BCUT2D eigenvalue weighted by molar-refractivity contribution is 5.78. The van der Waals surface area contributed by atoms with Crippen molar-refractivity contribution < 1.29 is 9.59 Å². The molecule has 3 aliphatic heterocycles. The predicted octanol–water partition coefficient (Wildman–Crippen LogP) is 0.409. The molecule has 7 heteroatoms. The van der Waals surface area contributed by atoms with E-state index in [-0.39, 0.29) is 18.1 Å². The van der Waals surface area contributed by atoms with E-state index in [4.69, 9.17) is 5.73 Å². The summed E-state index contributed by atoms with van der Waals surface area (Å²) in [7, 11) is 0. The Kier molecular flexibility index (Phi) is 4.86. The lowest BCUT2D eigenvalue weighted by Gasteiger charge is -2.26. The first-order valence-electron chi connectivity index (χ1n) is 9.94. The molecule has 1 unspecified atom stereocenters. The monoisotopic (exact) mass is 349 g/mol. The standard InChI is InChI=1S/C18H31N5O2/c19-16-4-3-7-23(16)17(24)10-20-15-8-13-11-22(12-14(13)9-15)18(25)21-5-1-2-6-21/h13-16,20H,1-12,19H2/t13-,14+,15-,16?. The lowest BCUT2D eigenvalue weighted by atomic mass is 10.0. The topological polar surface area (TPSA) is 81.9 Å². The summed E-state index contributed by atoms with van der Waals surface area (Å²) in [6.07, 6.45) is 6.28. The van der Waals surface area contributed by atoms with Crippen LogP contribution in [0.5, 0.6) is 0 Å². The highest BCUT2D eigenvalue weighted by Crippen LogP contribution is 2.38. The molecule has 140 valence electrons. The third kappa shape index (κ3) is 3.49. The van der Waals surface area contributed by atoms with E-state index in [0.29, 0.717) is 24.4 Å². The molecule has 3 N–H and O–H groups in total. The number of amides is 3. The second kappa shape index (κ2) is 7.11. The highest BCUT2D eigenvalue weighted by atomic mass is 16.2. The Balaban J connectivity index is 1.21. The van der Waals surface area contributed by atoms with Crippen LogP contribution >= 0.6 is 0 Å². The molecule has 3 saturated heterocycles. The minimum absolute atomic E-state index is 0.0950. The molecular weight excluding hydrogens is 318 g/mol. The van der Waals surface area contributed by atoms with E-state index in [9.17, 15) is 9.59 Å². The third-order valence-electron chi connectivity index (χ3n) is 6.56. The van der Waals surface area contributed by atoms with Crippen molar-refractivity contribution in [2.75, 3.05) is 39.3 Å². The summed E-state index contributed by atoms with van der Waals surface area (Å²) in [6.45, 7) is 4.83. The lowest BCUT2D eigenvalue weighted by molar-refractivity contribution is -0.131. The van der Waals surface area contributed by atoms with Crippen molar-refractivity contribution >= 4 is 11.9 Å². The van der Waals surface area contributed by atoms with Gasteiger partial charge in [-0.2, -0.15) is 0 Å². The summed E-state index contributed by atoms with van der Waals surface area (Å²) in [5.41, 5.74) is 5.97. The zero-order chi connectivity index (χ0) is 17.4. The van der Waals surface area contributed by atoms with Gasteiger partial charge in [0.2, 0.25) is 5.91 Å². The Labute approximate surface area is 149 Å². The number of nitrogens with two attached hydrogens (primary N) is 1. The molecule has 25 heavy (non-hydrogen) atoms. The van der Waals surface area contributed by atoms with E-state index in [2.05, 4.69) is 10.2 Å². The average molecular weight is 349 g/mol. The van der Waals surface area contributed by atoms with Gasteiger partial charge >= 0.3 is 6.03 Å². The molecule has 4 aliphatic rings. The molecule has 1 aliphatic carbocycles. The Bertz CT molecular complexity index is 508. The molecular formula is C18H31N5O2. The molecule has 0 aromatic heterocycles. The van der Waals surface area contributed by atoms with Gasteiger partial charge in [0.1, 0.15) is 0 Å². The van der Waals surface area contributed by atoms with Gasteiger partial charge < -0.3 is 25.8 Å². The van der Waals surface area contributed by atoms with Crippen LogP contribution in [0, 0.1) is 11.8 Å². The summed E-state index contributed by atoms with van der Waals surface area (Å²) >= 11 is 0. The van der Waals surface area contributed by atoms with E-state index in [1.165, 1.54) is 0 Å². The summed E-state index contributed by atoms with van der Waals surface area (Å²) in [4.78, 5) is 30.7. The highest BCUT2D eigenvalue weighted by Gasteiger charge is 2.43. The first-order valence-corrected chi connectivity index (χ1v) is 9.94. The smallest absolute Gasteiger partial charge is 0.320 e. The Morgan fingerprint density at radius 3 is 2.24 bits per heavy atom. The van der Waals surface area contributed by atoms with Gasteiger partial charge in [-0.15, -0.1) is 0 Å². The van der Waals surface area contributed by atoms with Crippen LogP contribution in [0.15, 0.2) is 0 Å². The Morgan fingerprint density at radius 2 is 1.64 bits per heavy atom. The third-order valence-corrected chi connectivity index (χ3v) is 6.56. The van der Waals surface area contributed by atoms with Crippen LogP contribution in [-0.4, -0.2) is 78.1 Å². The van der Waals surface area contributed by atoms with Crippen LogP contribution in [0.2, 0.25) is 0 Å². The summed E-state index contributed by atoms with van der Waals surface area (Å²) in [5.74, 6) is 1.31. The van der Waals surface area contributed by atoms with Gasteiger partial charge in [-0.3, -0.25) is 4.79 Å². The summed E-state index contributed by atoms with van der Waals surface area (Å²) < 4.78 is 0. The average Bonchev–Trinajstić information content (AvgIpc) is 3.35. The minimum atomic E-state index is -0.0950. The summed E-state index contributed by atoms with van der Waals surface area (Å²) in [5, 5.41) is 3.45. The number of hydrogen-bond donors (Lipinski definition) is 2. The van der Waals surface area contributed by atoms with Crippen LogP contribution in [0.25, 0.3) is 0 Å². The molecule has 0 radical (unpaired) electrons. The molecule has 3 amide bonds. The van der Waals surface area contributed by atoms with E-state index in [0.717, 1.165) is 71.2 Å². The fraction of sp³-hybridized carbons (Fsp3) is 0.889. The number of likely N-dealkylation sites (tertiary alicyclic amines) is 3. The van der Waals surface area contributed by atoms with Crippen LogP contribution in [0.4, 0.5) is 4.79 Å². The first-order chi connectivity index (χ1) is 12.1. The fourth-order valence-electron chi connectivity index (χ4n) is 5.17. The van der Waals surface area contributed by atoms with Gasteiger partial charge in [-0.05, 0) is 50.4 Å². The molecule has 7 nitrogen and oxygen atoms in total. The number of carbonyl (C=O) groups is 2. The maximum Gasteiger partial charge on any atom is 0.320 e. The largest absolute Gasteiger partial charge is 0.326 e. The second-order valence-corrected chi connectivity index (χ2v) is 8.25. The van der Waals surface area contributed by atoms with E-state index < -0.39 is 0 Å². The van der Waals surface area contributed by atoms with E-state index in [1.54, 1.807) is 4.90 Å². The van der Waals surface area contributed by atoms with Gasteiger partial charge in [0.15, 0.2) is 0 Å². The van der Waals surface area contributed by atoms with Crippen molar-refractivity contribution in [2.45, 2.75) is 50.7 Å². The van der Waals surface area contributed by atoms with Crippen LogP contribution < -0.4 is 11.1 Å². The summed E-state index contributed by atoms with van der Waals surface area (Å²) in [6, 6.07) is 0.649. The molecule has 4 atom stereocenters. The van der Waals surface area contributed by atoms with Gasteiger partial charge in [0, 0.05) is 38.8 Å². The first kappa shape index (κ1) is 17.1. The van der Waals surface area contributed by atoms with Crippen molar-refractivity contribution in [3.63, 3.8) is 0 Å². The van der Waals surface area contributed by atoms with Crippen LogP contribution in [0.1, 0.15) is 38.5 Å². The molecule has 0 aromatic rings. The fourth-order valence-corrected chi connectivity index (χ4v) is 5.17. The normalized spacial score (nSPS) is 34.8. The minimum Gasteiger partial charge on any atom is -0.326 e. The zero-order valence-corrected chi connectivity index (χ0v) is 15.0. The number of nitrogens with one attached hydrogen (secondary N) is 1. The zero-order valence-electron chi connectivity index (χ0n) is 15.0. The van der Waals surface area contributed by atoms with Gasteiger partial charge in [-0.1, -0.05) is 0 Å². The molecule has 0 spiro atoms. The number of carbonyl (C=O) groups excluding carboxylic acids is 2. The van der Waals surface area contributed by atoms with Crippen molar-refractivity contribution in [2.24, 2.45) is 17.6 Å². The predicted molar refractivity (Wildman–Crippen MR) is 94.7 cm³/mol. The van der Waals surface area contributed by atoms with Crippen molar-refractivity contribution in [3.05, 3.63) is 0 Å². The molecule has 0 aromatic carbocycles. The number of hydrogen-bond acceptors (Lipinski definition) is 4. The SMILES string of the molecule is NC1CCCN1C(=O)CN[C@@H]1C[C@@H]2CN(C(=O)N3CCCC3)C[C@@H]2C1. The van der Waals surface area contributed by atoms with Gasteiger partial charge in [0.25, 0.3) is 0 Å². The van der Waals surface area contributed by atoms with Crippen molar-refractivity contribution in [3.8, 4) is 0 Å². The van der Waals surface area contributed by atoms with Gasteiger partial charge in [0.05, 0.1) is 12.7 Å². The number of urea groups is 1. The molecule has 3 heterocycles. The van der Waals surface area contributed by atoms with Crippen LogP contribution in [0.3, 0.4) is 0 Å². The number of fused-ring (bicyclic) bond motifs is 1. The van der Waals surface area contributed by atoms with Gasteiger partial charge in [-0.25, -0.2) is 4.79 Å². The molecule has 1 saturated carbocycles. The Morgan fingerprint density at radius 1 is 0.960 bits per heavy atom. The second-order valence-electron chi connectivity index (χ2n) is 8.25. The molecule has 4 fully saturated rings. The number of rotatable bonds is 3. The number of nitrogens with zero attached hydrogens (tertiary/aromatic N) is 3.